The minimum atomic E-state index is -0.687. The van der Waals surface area contributed by atoms with Crippen LogP contribution in [0.15, 0.2) is 84.4 Å². The molecule has 1 aliphatic heterocycles. The predicted octanol–water partition coefficient (Wildman–Crippen LogP) is 3.50. The van der Waals surface area contributed by atoms with E-state index in [1.807, 2.05) is 24.3 Å². The van der Waals surface area contributed by atoms with Gasteiger partial charge in [0.1, 0.15) is 5.76 Å². The highest BCUT2D eigenvalue weighted by Crippen LogP contribution is 2.35. The minimum Gasteiger partial charge on any atom is -0.504 e. The van der Waals surface area contributed by atoms with E-state index >= 15 is 0 Å². The minimum absolute atomic E-state index is 0.119. The van der Waals surface area contributed by atoms with Crippen molar-refractivity contribution in [3.63, 3.8) is 0 Å². The Labute approximate surface area is 170 Å². The molecule has 4 rings (SSSR count). The van der Waals surface area contributed by atoms with Gasteiger partial charge < -0.3 is 25.4 Å². The van der Waals surface area contributed by atoms with Crippen molar-refractivity contribution in [1.82, 2.24) is 5.32 Å². The normalized spacial score (nSPS) is 23.4. The Kier molecular flexibility index (Phi) is 5.69. The summed E-state index contributed by atoms with van der Waals surface area (Å²) >= 11 is 0. The molecule has 0 fully saturated rings. The number of allylic oxidation sites excluding steroid dienone is 3. The lowest BCUT2D eigenvalue weighted by Crippen LogP contribution is -2.42. The summed E-state index contributed by atoms with van der Waals surface area (Å²) < 4.78 is 5.70. The molecule has 0 aromatic heterocycles. The van der Waals surface area contributed by atoms with Crippen LogP contribution in [0.2, 0.25) is 0 Å². The molecule has 2 aromatic rings. The van der Waals surface area contributed by atoms with Crippen LogP contribution in [0.1, 0.15) is 23.5 Å². The highest BCUT2D eigenvalue weighted by atomic mass is 16.5. The number of phenols is 2. The van der Waals surface area contributed by atoms with Crippen molar-refractivity contribution < 1.29 is 20.1 Å². The standard InChI is InChI=1S/C24H25NO4/c26-21-9-8-16(13-22(21)27)10-11-25-20-14-18(17-5-2-1-3-6-17)15-23-19(24(20)28)7-4-12-29-23/h1-9,12-13,15,18,20,24-28H,10-11,14H2. The van der Waals surface area contributed by atoms with Crippen LogP contribution in [0.4, 0.5) is 0 Å². The summed E-state index contributed by atoms with van der Waals surface area (Å²) in [5.41, 5.74) is 2.88. The van der Waals surface area contributed by atoms with Gasteiger partial charge in [0.05, 0.1) is 12.4 Å². The molecule has 0 spiro atoms. The summed E-state index contributed by atoms with van der Waals surface area (Å²) in [6, 6.07) is 14.9. The molecule has 5 nitrogen and oxygen atoms in total. The topological polar surface area (TPSA) is 82.0 Å². The van der Waals surface area contributed by atoms with Crippen LogP contribution in [0.5, 0.6) is 11.5 Å². The summed E-state index contributed by atoms with van der Waals surface area (Å²) in [5, 5.41) is 33.6. The Morgan fingerprint density at radius 2 is 1.86 bits per heavy atom. The number of fused-ring (bicyclic) bond motifs is 1. The first-order valence-corrected chi connectivity index (χ1v) is 9.84. The zero-order valence-electron chi connectivity index (χ0n) is 16.0. The van der Waals surface area contributed by atoms with Gasteiger partial charge in [0.2, 0.25) is 0 Å². The van der Waals surface area contributed by atoms with Crippen LogP contribution in [-0.4, -0.2) is 34.0 Å². The van der Waals surface area contributed by atoms with E-state index in [-0.39, 0.29) is 23.5 Å². The second-order valence-corrected chi connectivity index (χ2v) is 7.43. The number of ether oxygens (including phenoxy) is 1. The Balaban J connectivity index is 1.51. The fraction of sp³-hybridized carbons (Fsp3) is 0.250. The molecule has 2 aromatic carbocycles. The summed E-state index contributed by atoms with van der Waals surface area (Å²) in [6.07, 6.45) is 8.14. The smallest absolute Gasteiger partial charge is 0.157 e. The van der Waals surface area contributed by atoms with E-state index in [0.29, 0.717) is 18.7 Å². The van der Waals surface area contributed by atoms with E-state index in [1.54, 1.807) is 24.5 Å². The fourth-order valence-corrected chi connectivity index (χ4v) is 3.91. The number of hydrogen-bond acceptors (Lipinski definition) is 5. The van der Waals surface area contributed by atoms with Crippen molar-refractivity contribution in [2.45, 2.75) is 30.9 Å². The third kappa shape index (κ3) is 4.36. The lowest BCUT2D eigenvalue weighted by atomic mass is 9.91. The predicted molar refractivity (Wildman–Crippen MR) is 111 cm³/mol. The maximum absolute atomic E-state index is 11.0. The first kappa shape index (κ1) is 19.3. The molecule has 5 heteroatoms. The van der Waals surface area contributed by atoms with Gasteiger partial charge in [0.15, 0.2) is 11.5 Å². The van der Waals surface area contributed by atoms with E-state index < -0.39 is 6.10 Å². The van der Waals surface area contributed by atoms with E-state index in [1.165, 1.54) is 11.6 Å². The molecule has 3 atom stereocenters. The molecule has 1 heterocycles. The van der Waals surface area contributed by atoms with Crippen molar-refractivity contribution in [2.24, 2.45) is 0 Å². The third-order valence-corrected chi connectivity index (χ3v) is 5.48. The van der Waals surface area contributed by atoms with Crippen LogP contribution < -0.4 is 5.32 Å². The highest BCUT2D eigenvalue weighted by Gasteiger charge is 2.32. The molecule has 1 aliphatic carbocycles. The molecule has 0 radical (unpaired) electrons. The van der Waals surface area contributed by atoms with Gasteiger partial charge in [-0.2, -0.15) is 0 Å². The first-order chi connectivity index (χ1) is 14.1. The molecule has 2 aliphatic rings. The summed E-state index contributed by atoms with van der Waals surface area (Å²) in [7, 11) is 0. The molecule has 0 amide bonds. The quantitative estimate of drug-likeness (QED) is 0.587. The number of rotatable bonds is 5. The van der Waals surface area contributed by atoms with Gasteiger partial charge in [-0.05, 0) is 60.9 Å². The van der Waals surface area contributed by atoms with Gasteiger partial charge in [-0.1, -0.05) is 36.4 Å². The zero-order chi connectivity index (χ0) is 20.2. The fourth-order valence-electron chi connectivity index (χ4n) is 3.91. The van der Waals surface area contributed by atoms with Gasteiger partial charge in [0.25, 0.3) is 0 Å². The second-order valence-electron chi connectivity index (χ2n) is 7.43. The molecule has 29 heavy (non-hydrogen) atoms. The molecule has 0 bridgehead atoms. The van der Waals surface area contributed by atoms with Crippen molar-refractivity contribution in [2.75, 3.05) is 6.54 Å². The summed E-state index contributed by atoms with van der Waals surface area (Å²) in [6.45, 7) is 0.632. The maximum Gasteiger partial charge on any atom is 0.157 e. The Morgan fingerprint density at radius 1 is 1.03 bits per heavy atom. The number of nitrogens with one attached hydrogen (secondary N) is 1. The van der Waals surface area contributed by atoms with Gasteiger partial charge in [-0.15, -0.1) is 0 Å². The van der Waals surface area contributed by atoms with Gasteiger partial charge in [-0.3, -0.25) is 0 Å². The van der Waals surface area contributed by atoms with Gasteiger partial charge in [0, 0.05) is 17.5 Å². The number of benzene rings is 2. The third-order valence-electron chi connectivity index (χ3n) is 5.48. The SMILES string of the molecule is Oc1ccc(CCNC2CC(c3ccccc3)C=C3OC=CC=C3C2O)cc1O. The number of aliphatic hydroxyl groups is 1. The highest BCUT2D eigenvalue weighted by molar-refractivity contribution is 5.42. The first-order valence-electron chi connectivity index (χ1n) is 9.84. The Hall–Kier alpha value is -3.02. The Bertz CT molecular complexity index is 949. The summed E-state index contributed by atoms with van der Waals surface area (Å²) in [4.78, 5) is 0. The molecule has 0 saturated carbocycles. The zero-order valence-corrected chi connectivity index (χ0v) is 16.0. The van der Waals surface area contributed by atoms with Gasteiger partial charge >= 0.3 is 0 Å². The lowest BCUT2D eigenvalue weighted by molar-refractivity contribution is 0.150. The second kappa shape index (κ2) is 8.55. The number of aliphatic hydroxyl groups excluding tert-OH is 1. The molecule has 0 saturated heterocycles. The monoisotopic (exact) mass is 391 g/mol. The van der Waals surface area contributed by atoms with Crippen LogP contribution in [-0.2, 0) is 11.2 Å². The van der Waals surface area contributed by atoms with Crippen molar-refractivity contribution in [1.29, 1.82) is 0 Å². The lowest BCUT2D eigenvalue weighted by Gasteiger charge is -2.26. The average molecular weight is 391 g/mol. The van der Waals surface area contributed by atoms with Crippen LogP contribution in [0.25, 0.3) is 0 Å². The average Bonchev–Trinajstić information content (AvgIpc) is 2.88. The van der Waals surface area contributed by atoms with E-state index in [2.05, 4.69) is 23.5 Å². The molecule has 4 N–H and O–H groups in total. The largest absolute Gasteiger partial charge is 0.504 e. The van der Waals surface area contributed by atoms with Crippen LogP contribution in [0.3, 0.4) is 0 Å². The number of phenolic OH excluding ortho intramolecular Hbond substituents is 2. The molecular formula is C24H25NO4. The van der Waals surface area contributed by atoms with Crippen LogP contribution >= 0.6 is 0 Å². The Morgan fingerprint density at radius 3 is 2.66 bits per heavy atom. The van der Waals surface area contributed by atoms with Crippen LogP contribution in [0, 0.1) is 0 Å². The van der Waals surface area contributed by atoms with Crippen molar-refractivity contribution in [3.05, 3.63) is 95.5 Å². The molecule has 150 valence electrons. The van der Waals surface area contributed by atoms with Crippen molar-refractivity contribution >= 4 is 0 Å². The van der Waals surface area contributed by atoms with Gasteiger partial charge in [-0.25, -0.2) is 0 Å². The van der Waals surface area contributed by atoms with Crippen molar-refractivity contribution in [3.8, 4) is 11.5 Å². The van der Waals surface area contributed by atoms with E-state index in [0.717, 1.165) is 17.6 Å². The molecular weight excluding hydrogens is 366 g/mol. The van der Waals surface area contributed by atoms with E-state index in [4.69, 9.17) is 4.74 Å². The number of aromatic hydroxyl groups is 2. The molecule has 3 unspecified atom stereocenters. The summed E-state index contributed by atoms with van der Waals surface area (Å²) in [5.74, 6) is 0.587. The maximum atomic E-state index is 11.0. The van der Waals surface area contributed by atoms with E-state index in [9.17, 15) is 15.3 Å². The number of hydrogen-bond donors (Lipinski definition) is 4.